The van der Waals surface area contributed by atoms with Crippen molar-refractivity contribution in [2.75, 3.05) is 69.3 Å². The Bertz CT molecular complexity index is 608. The average molecular weight is 376 g/mol. The maximum Gasteiger partial charge on any atom is 0.227 e. The Labute approximate surface area is 162 Å². The van der Waals surface area contributed by atoms with E-state index in [-0.39, 0.29) is 6.10 Å². The first-order valence-electron chi connectivity index (χ1n) is 10.5. The van der Waals surface area contributed by atoms with Crippen molar-refractivity contribution in [3.05, 3.63) is 11.8 Å². The van der Waals surface area contributed by atoms with E-state index < -0.39 is 0 Å². The van der Waals surface area contributed by atoms with E-state index in [0.717, 1.165) is 50.2 Å². The molecule has 3 aliphatic rings. The fourth-order valence-electron chi connectivity index (χ4n) is 4.14. The van der Waals surface area contributed by atoms with Gasteiger partial charge in [-0.05, 0) is 32.4 Å². The highest BCUT2D eigenvalue weighted by molar-refractivity contribution is 5.47. The van der Waals surface area contributed by atoms with Crippen LogP contribution in [0.25, 0.3) is 0 Å². The average Bonchev–Trinajstić information content (AvgIpc) is 3.07. The summed E-state index contributed by atoms with van der Waals surface area (Å²) in [6.07, 6.45) is 6.16. The maximum absolute atomic E-state index is 9.66. The lowest BCUT2D eigenvalue weighted by Gasteiger charge is -2.36. The van der Waals surface area contributed by atoms with Gasteiger partial charge in [-0.2, -0.15) is 4.98 Å². The Hall–Kier alpha value is -1.44. The maximum atomic E-state index is 9.66. The number of aliphatic hydroxyl groups excluding tert-OH is 1. The molecule has 1 N–H and O–H groups in total. The van der Waals surface area contributed by atoms with Crippen LogP contribution < -0.4 is 9.80 Å². The molecule has 4 rings (SSSR count). The Balaban J connectivity index is 1.45. The molecule has 0 bridgehead atoms. The summed E-state index contributed by atoms with van der Waals surface area (Å²) in [4.78, 5) is 16.5. The van der Waals surface area contributed by atoms with Gasteiger partial charge in [-0.3, -0.25) is 0 Å². The standard InChI is InChI=1S/C20H33N5O2/c1-23(9-10-24-7-4-2-3-5-8-24)19-12-18(16-6-11-27-15-16)21-20(22-19)25-13-17(26)14-25/h12,16-17,26H,2-11,13-15H2,1H3/t16-/m0/s1. The first-order chi connectivity index (χ1) is 13.2. The summed E-state index contributed by atoms with van der Waals surface area (Å²) < 4.78 is 5.57. The minimum absolute atomic E-state index is 0.253. The van der Waals surface area contributed by atoms with Gasteiger partial charge < -0.3 is 24.5 Å². The molecule has 27 heavy (non-hydrogen) atoms. The zero-order valence-corrected chi connectivity index (χ0v) is 16.5. The van der Waals surface area contributed by atoms with Crippen LogP contribution in [0.3, 0.4) is 0 Å². The van der Waals surface area contributed by atoms with Crippen molar-refractivity contribution in [1.29, 1.82) is 0 Å². The highest BCUT2D eigenvalue weighted by Crippen LogP contribution is 2.29. The monoisotopic (exact) mass is 375 g/mol. The molecule has 0 radical (unpaired) electrons. The summed E-state index contributed by atoms with van der Waals surface area (Å²) in [5, 5.41) is 9.66. The molecule has 7 nitrogen and oxygen atoms in total. The summed E-state index contributed by atoms with van der Waals surface area (Å²) in [6, 6.07) is 2.14. The predicted molar refractivity (Wildman–Crippen MR) is 107 cm³/mol. The number of ether oxygens (including phenoxy) is 1. The van der Waals surface area contributed by atoms with Crippen LogP contribution in [0.2, 0.25) is 0 Å². The van der Waals surface area contributed by atoms with Crippen molar-refractivity contribution in [3.63, 3.8) is 0 Å². The van der Waals surface area contributed by atoms with E-state index >= 15 is 0 Å². The first kappa shape index (κ1) is 18.9. The van der Waals surface area contributed by atoms with E-state index in [2.05, 4.69) is 27.8 Å². The van der Waals surface area contributed by atoms with Crippen molar-refractivity contribution < 1.29 is 9.84 Å². The Morgan fingerprint density at radius 2 is 1.96 bits per heavy atom. The lowest BCUT2D eigenvalue weighted by molar-refractivity contribution is 0.140. The van der Waals surface area contributed by atoms with Gasteiger partial charge >= 0.3 is 0 Å². The van der Waals surface area contributed by atoms with Gasteiger partial charge in [0, 0.05) is 51.8 Å². The van der Waals surface area contributed by atoms with E-state index in [9.17, 15) is 5.11 Å². The van der Waals surface area contributed by atoms with Crippen molar-refractivity contribution in [1.82, 2.24) is 14.9 Å². The zero-order chi connectivity index (χ0) is 18.6. The van der Waals surface area contributed by atoms with Crippen LogP contribution in [0, 0.1) is 0 Å². The number of anilines is 2. The molecule has 1 atom stereocenters. The molecule has 3 aliphatic heterocycles. The lowest BCUT2D eigenvalue weighted by atomic mass is 10.0. The molecule has 7 heteroatoms. The van der Waals surface area contributed by atoms with E-state index in [4.69, 9.17) is 14.7 Å². The lowest BCUT2D eigenvalue weighted by Crippen LogP contribution is -2.51. The van der Waals surface area contributed by atoms with Crippen LogP contribution in [0.1, 0.15) is 43.7 Å². The Morgan fingerprint density at radius 3 is 2.63 bits per heavy atom. The largest absolute Gasteiger partial charge is 0.389 e. The summed E-state index contributed by atoms with van der Waals surface area (Å²) in [5.41, 5.74) is 1.08. The van der Waals surface area contributed by atoms with Crippen LogP contribution in [-0.2, 0) is 4.74 Å². The second-order valence-electron chi connectivity index (χ2n) is 8.25. The predicted octanol–water partition coefficient (Wildman–Crippen LogP) is 1.47. The van der Waals surface area contributed by atoms with Crippen molar-refractivity contribution in [3.8, 4) is 0 Å². The first-order valence-corrected chi connectivity index (χ1v) is 10.5. The molecule has 150 valence electrons. The molecule has 0 spiro atoms. The number of nitrogens with zero attached hydrogens (tertiary/aromatic N) is 5. The van der Waals surface area contributed by atoms with Gasteiger partial charge in [-0.1, -0.05) is 12.8 Å². The third kappa shape index (κ3) is 4.70. The number of hydrogen-bond donors (Lipinski definition) is 1. The van der Waals surface area contributed by atoms with Gasteiger partial charge in [0.25, 0.3) is 0 Å². The topological polar surface area (TPSA) is 65.0 Å². The molecule has 0 aliphatic carbocycles. The van der Waals surface area contributed by atoms with Crippen LogP contribution in [0.15, 0.2) is 6.07 Å². The minimum atomic E-state index is -0.253. The third-order valence-corrected chi connectivity index (χ3v) is 6.06. The molecule has 4 heterocycles. The fourth-order valence-corrected chi connectivity index (χ4v) is 4.14. The summed E-state index contributed by atoms with van der Waals surface area (Å²) >= 11 is 0. The quantitative estimate of drug-likeness (QED) is 0.808. The normalized spacial score (nSPS) is 24.7. The molecule has 0 saturated carbocycles. The molecule has 0 unspecified atom stereocenters. The summed E-state index contributed by atoms with van der Waals surface area (Å²) in [5.74, 6) is 2.09. The fraction of sp³-hybridized carbons (Fsp3) is 0.800. The Morgan fingerprint density at radius 1 is 1.19 bits per heavy atom. The van der Waals surface area contributed by atoms with Crippen molar-refractivity contribution in [2.24, 2.45) is 0 Å². The second kappa shape index (κ2) is 8.71. The third-order valence-electron chi connectivity index (χ3n) is 6.06. The van der Waals surface area contributed by atoms with Gasteiger partial charge in [0.05, 0.1) is 18.4 Å². The van der Waals surface area contributed by atoms with E-state index in [1.165, 1.54) is 38.8 Å². The smallest absolute Gasteiger partial charge is 0.227 e. The number of aliphatic hydroxyl groups is 1. The molecular weight excluding hydrogens is 342 g/mol. The van der Waals surface area contributed by atoms with Crippen molar-refractivity contribution >= 4 is 11.8 Å². The molecule has 0 aromatic carbocycles. The van der Waals surface area contributed by atoms with E-state index in [1.807, 2.05) is 0 Å². The van der Waals surface area contributed by atoms with Crippen LogP contribution in [-0.4, -0.2) is 85.6 Å². The summed E-state index contributed by atoms with van der Waals surface area (Å²) in [6.45, 7) is 7.31. The van der Waals surface area contributed by atoms with Crippen molar-refractivity contribution in [2.45, 2.75) is 44.1 Å². The number of likely N-dealkylation sites (N-methyl/N-ethyl adjacent to an activating group) is 1. The van der Waals surface area contributed by atoms with Gasteiger partial charge in [-0.25, -0.2) is 4.98 Å². The number of hydrogen-bond acceptors (Lipinski definition) is 7. The van der Waals surface area contributed by atoms with Crippen LogP contribution in [0.5, 0.6) is 0 Å². The van der Waals surface area contributed by atoms with Gasteiger partial charge in [-0.15, -0.1) is 0 Å². The van der Waals surface area contributed by atoms with Gasteiger partial charge in [0.2, 0.25) is 5.95 Å². The van der Waals surface area contributed by atoms with Gasteiger partial charge in [0.1, 0.15) is 5.82 Å². The highest BCUT2D eigenvalue weighted by atomic mass is 16.5. The highest BCUT2D eigenvalue weighted by Gasteiger charge is 2.29. The summed E-state index contributed by atoms with van der Waals surface area (Å²) in [7, 11) is 2.13. The van der Waals surface area contributed by atoms with Crippen LogP contribution in [0.4, 0.5) is 11.8 Å². The number of β-amino-alcohol motifs (C(OH)–C–C–N with tert-alkyl or cyclic N) is 1. The number of aromatic nitrogens is 2. The molecular formula is C20H33N5O2. The molecule has 1 aromatic rings. The molecule has 3 saturated heterocycles. The number of likely N-dealkylation sites (tertiary alicyclic amines) is 1. The van der Waals surface area contributed by atoms with E-state index in [1.54, 1.807) is 0 Å². The minimum Gasteiger partial charge on any atom is -0.389 e. The second-order valence-corrected chi connectivity index (χ2v) is 8.25. The zero-order valence-electron chi connectivity index (χ0n) is 16.5. The molecule has 3 fully saturated rings. The number of rotatable bonds is 6. The van der Waals surface area contributed by atoms with E-state index in [0.29, 0.717) is 19.0 Å². The van der Waals surface area contributed by atoms with Gasteiger partial charge in [0.15, 0.2) is 0 Å². The molecule has 1 aromatic heterocycles. The molecule has 0 amide bonds. The Kier molecular flexibility index (Phi) is 6.10. The SMILES string of the molecule is CN(CCN1CCCCCC1)c1cc([C@H]2CCOC2)nc(N2CC(O)C2)n1. The van der Waals surface area contributed by atoms with Crippen LogP contribution >= 0.6 is 0 Å².